The van der Waals surface area contributed by atoms with Crippen LogP contribution in [0.3, 0.4) is 0 Å². The SMILES string of the molecule is COc1ncccc1CN1C[C@@H](c2ccnn2C(C)C)[C@@]2(CCCN(C)C2=O)C1. The van der Waals surface area contributed by atoms with Gasteiger partial charge in [-0.05, 0) is 38.8 Å². The molecule has 29 heavy (non-hydrogen) atoms. The maximum atomic E-state index is 13.5. The molecule has 0 unspecified atom stereocenters. The summed E-state index contributed by atoms with van der Waals surface area (Å²) >= 11 is 0. The van der Waals surface area contributed by atoms with Gasteiger partial charge in [-0.15, -0.1) is 0 Å². The predicted molar refractivity (Wildman–Crippen MR) is 111 cm³/mol. The predicted octanol–water partition coefficient (Wildman–Crippen LogP) is 2.71. The van der Waals surface area contributed by atoms with Crippen LogP contribution in [-0.2, 0) is 11.3 Å². The van der Waals surface area contributed by atoms with E-state index in [2.05, 4.69) is 45.6 Å². The van der Waals surface area contributed by atoms with E-state index >= 15 is 0 Å². The van der Waals surface area contributed by atoms with Crippen molar-refractivity contribution in [3.63, 3.8) is 0 Å². The fourth-order valence-electron chi connectivity index (χ4n) is 5.19. The van der Waals surface area contributed by atoms with Gasteiger partial charge >= 0.3 is 0 Å². The molecule has 1 amide bonds. The van der Waals surface area contributed by atoms with Crippen molar-refractivity contribution in [3.05, 3.63) is 41.9 Å². The van der Waals surface area contributed by atoms with Gasteiger partial charge in [0.15, 0.2) is 0 Å². The fraction of sp³-hybridized carbons (Fsp3) is 0.591. The third kappa shape index (κ3) is 3.41. The minimum absolute atomic E-state index is 0.130. The molecular formula is C22H31N5O2. The van der Waals surface area contributed by atoms with E-state index in [1.807, 2.05) is 24.2 Å². The number of aromatic nitrogens is 3. The van der Waals surface area contributed by atoms with Gasteiger partial charge in [0.25, 0.3) is 0 Å². The monoisotopic (exact) mass is 397 g/mol. The Morgan fingerprint density at radius 3 is 2.90 bits per heavy atom. The Morgan fingerprint density at radius 1 is 1.31 bits per heavy atom. The van der Waals surface area contributed by atoms with Gasteiger partial charge in [0.05, 0.1) is 12.5 Å². The lowest BCUT2D eigenvalue weighted by Crippen LogP contribution is -2.50. The standard InChI is InChI=1S/C22H31N5O2/c1-16(2)27-19(8-11-24-27)18-14-26(13-17-7-5-10-23-20(17)29-4)15-22(18)9-6-12-25(3)21(22)28/h5,7-8,10-11,16,18H,6,9,12-15H2,1-4H3/t18-,22+/m0/s1. The van der Waals surface area contributed by atoms with Crippen molar-refractivity contribution in [3.8, 4) is 5.88 Å². The van der Waals surface area contributed by atoms with Crippen LogP contribution in [0.15, 0.2) is 30.6 Å². The van der Waals surface area contributed by atoms with Crippen LogP contribution in [0.2, 0.25) is 0 Å². The third-order valence-corrected chi connectivity index (χ3v) is 6.49. The zero-order chi connectivity index (χ0) is 20.6. The first-order valence-corrected chi connectivity index (χ1v) is 10.5. The molecule has 1 spiro atoms. The fourth-order valence-corrected chi connectivity index (χ4v) is 5.19. The second-order valence-corrected chi connectivity index (χ2v) is 8.67. The number of ether oxygens (including phenoxy) is 1. The van der Waals surface area contributed by atoms with E-state index in [9.17, 15) is 4.79 Å². The maximum absolute atomic E-state index is 13.5. The van der Waals surface area contributed by atoms with Crippen LogP contribution in [0.4, 0.5) is 0 Å². The molecule has 2 aliphatic heterocycles. The number of rotatable bonds is 5. The molecule has 2 aromatic heterocycles. The molecule has 0 saturated carbocycles. The van der Waals surface area contributed by atoms with Crippen molar-refractivity contribution in [2.75, 3.05) is 33.8 Å². The van der Waals surface area contributed by atoms with Crippen molar-refractivity contribution in [1.29, 1.82) is 0 Å². The molecule has 2 atom stereocenters. The van der Waals surface area contributed by atoms with Crippen LogP contribution in [-0.4, -0.2) is 64.3 Å². The molecule has 2 fully saturated rings. The van der Waals surface area contributed by atoms with Gasteiger partial charge in [-0.1, -0.05) is 6.07 Å². The second kappa shape index (κ2) is 7.78. The third-order valence-electron chi connectivity index (χ3n) is 6.49. The minimum Gasteiger partial charge on any atom is -0.481 e. The molecule has 7 nitrogen and oxygen atoms in total. The molecule has 2 aromatic rings. The number of hydrogen-bond donors (Lipinski definition) is 0. The highest BCUT2D eigenvalue weighted by molar-refractivity contribution is 5.85. The van der Waals surface area contributed by atoms with E-state index in [1.165, 1.54) is 5.69 Å². The zero-order valence-corrected chi connectivity index (χ0v) is 17.8. The molecular weight excluding hydrogens is 366 g/mol. The van der Waals surface area contributed by atoms with Crippen LogP contribution in [0.25, 0.3) is 0 Å². The van der Waals surface area contributed by atoms with E-state index in [0.717, 1.165) is 44.6 Å². The zero-order valence-electron chi connectivity index (χ0n) is 17.8. The molecule has 0 aliphatic carbocycles. The summed E-state index contributed by atoms with van der Waals surface area (Å²) < 4.78 is 7.54. The first-order chi connectivity index (χ1) is 14.0. The lowest BCUT2D eigenvalue weighted by Gasteiger charge is -2.41. The molecule has 156 valence electrons. The molecule has 0 N–H and O–H groups in total. The number of hydrogen-bond acceptors (Lipinski definition) is 5. The van der Waals surface area contributed by atoms with Crippen LogP contribution in [0, 0.1) is 5.41 Å². The largest absolute Gasteiger partial charge is 0.481 e. The van der Waals surface area contributed by atoms with Gasteiger partial charge in [0, 0.05) is 68.8 Å². The minimum atomic E-state index is -0.394. The molecule has 0 bridgehead atoms. The first kappa shape index (κ1) is 19.9. The number of carbonyl (C=O) groups is 1. The summed E-state index contributed by atoms with van der Waals surface area (Å²) in [4.78, 5) is 22.1. The summed E-state index contributed by atoms with van der Waals surface area (Å²) in [5.74, 6) is 1.06. The average Bonchev–Trinajstić information content (AvgIpc) is 3.32. The van der Waals surface area contributed by atoms with Gasteiger partial charge in [-0.2, -0.15) is 5.10 Å². The second-order valence-electron chi connectivity index (χ2n) is 8.67. The molecule has 2 saturated heterocycles. The quantitative estimate of drug-likeness (QED) is 0.776. The van der Waals surface area contributed by atoms with Crippen molar-refractivity contribution >= 4 is 5.91 Å². The van der Waals surface area contributed by atoms with E-state index < -0.39 is 5.41 Å². The highest BCUT2D eigenvalue weighted by Crippen LogP contribution is 2.49. The summed E-state index contributed by atoms with van der Waals surface area (Å²) in [6, 6.07) is 6.36. The number of piperidine rings is 1. The number of likely N-dealkylation sites (tertiary alicyclic amines) is 2. The van der Waals surface area contributed by atoms with Crippen LogP contribution in [0.1, 0.15) is 49.9 Å². The van der Waals surface area contributed by atoms with E-state index in [0.29, 0.717) is 5.88 Å². The van der Waals surface area contributed by atoms with Crippen LogP contribution < -0.4 is 4.74 Å². The Morgan fingerprint density at radius 2 is 2.14 bits per heavy atom. The number of carbonyl (C=O) groups excluding carboxylic acids is 1. The number of methoxy groups -OCH3 is 1. The van der Waals surface area contributed by atoms with Gasteiger partial charge in [0.2, 0.25) is 11.8 Å². The molecule has 0 aromatic carbocycles. The van der Waals surface area contributed by atoms with E-state index in [-0.39, 0.29) is 17.9 Å². The van der Waals surface area contributed by atoms with Crippen molar-refractivity contribution in [2.24, 2.45) is 5.41 Å². The summed E-state index contributed by atoms with van der Waals surface area (Å²) in [6.07, 6.45) is 5.58. The highest BCUT2D eigenvalue weighted by atomic mass is 16.5. The van der Waals surface area contributed by atoms with E-state index in [1.54, 1.807) is 13.3 Å². The summed E-state index contributed by atoms with van der Waals surface area (Å²) in [7, 11) is 3.59. The Kier molecular flexibility index (Phi) is 5.34. The molecule has 7 heteroatoms. The molecule has 4 rings (SSSR count). The summed E-state index contributed by atoms with van der Waals surface area (Å²) in [6.45, 7) is 7.43. The lowest BCUT2D eigenvalue weighted by atomic mass is 9.70. The molecule has 2 aliphatic rings. The number of pyridine rings is 1. The summed E-state index contributed by atoms with van der Waals surface area (Å²) in [5.41, 5.74) is 1.83. The number of amides is 1. The Bertz CT molecular complexity index is 880. The smallest absolute Gasteiger partial charge is 0.230 e. The van der Waals surface area contributed by atoms with Gasteiger partial charge < -0.3 is 9.64 Å². The average molecular weight is 398 g/mol. The Balaban J connectivity index is 1.70. The highest BCUT2D eigenvalue weighted by Gasteiger charge is 2.55. The van der Waals surface area contributed by atoms with E-state index in [4.69, 9.17) is 4.74 Å². The van der Waals surface area contributed by atoms with Crippen molar-refractivity contribution in [2.45, 2.75) is 45.2 Å². The topological polar surface area (TPSA) is 63.5 Å². The van der Waals surface area contributed by atoms with Crippen molar-refractivity contribution < 1.29 is 9.53 Å². The Hall–Kier alpha value is -2.41. The number of nitrogens with zero attached hydrogens (tertiary/aromatic N) is 5. The van der Waals surface area contributed by atoms with Crippen LogP contribution >= 0.6 is 0 Å². The Labute approximate surface area is 172 Å². The molecule has 4 heterocycles. The van der Waals surface area contributed by atoms with Gasteiger partial charge in [-0.3, -0.25) is 14.4 Å². The normalized spacial score (nSPS) is 25.3. The molecule has 0 radical (unpaired) electrons. The lowest BCUT2D eigenvalue weighted by molar-refractivity contribution is -0.145. The van der Waals surface area contributed by atoms with Gasteiger partial charge in [-0.25, -0.2) is 4.98 Å². The van der Waals surface area contributed by atoms with Crippen LogP contribution in [0.5, 0.6) is 5.88 Å². The first-order valence-electron chi connectivity index (χ1n) is 10.5. The van der Waals surface area contributed by atoms with Gasteiger partial charge in [0.1, 0.15) is 0 Å². The maximum Gasteiger partial charge on any atom is 0.230 e. The summed E-state index contributed by atoms with van der Waals surface area (Å²) in [5, 5.41) is 4.56. The van der Waals surface area contributed by atoms with Crippen molar-refractivity contribution in [1.82, 2.24) is 24.6 Å².